The molecule has 0 saturated carbocycles. The molecule has 21 nitrogen and oxygen atoms in total. The highest BCUT2D eigenvalue weighted by molar-refractivity contribution is 5.74. The van der Waals surface area contributed by atoms with Crippen LogP contribution in [0.2, 0.25) is 0 Å². The van der Waals surface area contributed by atoms with Gasteiger partial charge in [0.05, 0.1) is 26.4 Å². The normalized spacial score (nSPS) is 24.0. The highest BCUT2D eigenvalue weighted by atomic mass is 16.7. The van der Waals surface area contributed by atoms with E-state index < -0.39 is 110 Å². The largest absolute Gasteiger partial charge is 0.466 e. The maximum absolute atomic E-state index is 12.6. The Morgan fingerprint density at radius 1 is 0.514 bits per heavy atom. The van der Waals surface area contributed by atoms with E-state index in [9.17, 15) is 38.4 Å². The van der Waals surface area contributed by atoms with E-state index in [2.05, 4.69) is 12.2 Å². The molecule has 1 N–H and O–H groups in total. The van der Waals surface area contributed by atoms with Gasteiger partial charge in [-0.05, 0) is 18.8 Å². The molecule has 0 aromatic carbocycles. The molecule has 402 valence electrons. The van der Waals surface area contributed by atoms with Crippen molar-refractivity contribution in [3.63, 3.8) is 0 Å². The van der Waals surface area contributed by atoms with Crippen molar-refractivity contribution in [1.29, 1.82) is 0 Å². The Hall–Kier alpha value is -4.44. The van der Waals surface area contributed by atoms with Gasteiger partial charge in [0, 0.05) is 62.0 Å². The second kappa shape index (κ2) is 34.8. The van der Waals surface area contributed by atoms with E-state index in [0.29, 0.717) is 19.1 Å². The van der Waals surface area contributed by atoms with Gasteiger partial charge in [-0.3, -0.25) is 38.4 Å². The van der Waals surface area contributed by atoms with Crippen LogP contribution >= 0.6 is 0 Å². The second-order valence-corrected chi connectivity index (χ2v) is 18.0. The molecule has 2 heterocycles. The minimum absolute atomic E-state index is 0.128. The number of nitrogens with one attached hydrogen (secondary N) is 1. The molecule has 0 radical (unpaired) electrons. The maximum atomic E-state index is 12.6. The van der Waals surface area contributed by atoms with E-state index in [1.165, 1.54) is 65.2 Å². The first-order valence-electron chi connectivity index (χ1n) is 24.8. The number of hydrogen-bond donors (Lipinski definition) is 1. The summed E-state index contributed by atoms with van der Waals surface area (Å²) in [5.74, 6) is -4.59. The van der Waals surface area contributed by atoms with E-state index >= 15 is 0 Å². The fourth-order valence-electron chi connectivity index (χ4n) is 8.24. The maximum Gasteiger partial charge on any atom is 0.303 e. The molecule has 1 amide bonds. The van der Waals surface area contributed by atoms with Gasteiger partial charge in [0.2, 0.25) is 5.91 Å². The monoisotopic (exact) mass is 1000 g/mol. The minimum Gasteiger partial charge on any atom is -0.466 e. The summed E-state index contributed by atoms with van der Waals surface area (Å²) in [5.41, 5.74) is 0. The molecule has 2 fully saturated rings. The number of ether oxygens (including phenoxy) is 12. The lowest BCUT2D eigenvalue weighted by Gasteiger charge is -2.45. The number of carbonyl (C=O) groups excluding carboxylic acids is 8. The van der Waals surface area contributed by atoms with Gasteiger partial charge in [0.1, 0.15) is 24.9 Å². The highest BCUT2D eigenvalue weighted by Crippen LogP contribution is 2.30. The van der Waals surface area contributed by atoms with Gasteiger partial charge in [0.25, 0.3) is 0 Å². The first kappa shape index (κ1) is 61.7. The molecule has 11 atom stereocenters. The van der Waals surface area contributed by atoms with Crippen LogP contribution < -0.4 is 5.32 Å². The van der Waals surface area contributed by atoms with Crippen LogP contribution in [0.3, 0.4) is 0 Å². The Labute approximate surface area is 412 Å². The van der Waals surface area contributed by atoms with Crippen LogP contribution in [0.1, 0.15) is 159 Å². The van der Waals surface area contributed by atoms with Crippen LogP contribution in [0.5, 0.6) is 0 Å². The molecule has 0 bridgehead atoms. The Bertz CT molecular complexity index is 1610. The summed E-state index contributed by atoms with van der Waals surface area (Å²) in [7, 11) is 0. The molecule has 0 aromatic heterocycles. The third kappa shape index (κ3) is 26.7. The number of hydrogen-bond acceptors (Lipinski definition) is 20. The molecule has 0 aliphatic carbocycles. The quantitative estimate of drug-likeness (QED) is 0.0489. The van der Waals surface area contributed by atoms with Crippen molar-refractivity contribution in [3.8, 4) is 0 Å². The first-order valence-corrected chi connectivity index (χ1v) is 24.8. The summed E-state index contributed by atoms with van der Waals surface area (Å²) in [6.07, 6.45) is 4.87. The summed E-state index contributed by atoms with van der Waals surface area (Å²) >= 11 is 0. The van der Waals surface area contributed by atoms with Gasteiger partial charge in [-0.2, -0.15) is 0 Å². The zero-order chi connectivity index (χ0) is 52.0. The molecular weight excluding hydrogens is 923 g/mol. The molecule has 0 spiro atoms. The van der Waals surface area contributed by atoms with Gasteiger partial charge >= 0.3 is 41.8 Å². The Morgan fingerprint density at radius 3 is 1.53 bits per heavy atom. The van der Waals surface area contributed by atoms with Crippen LogP contribution in [0.25, 0.3) is 0 Å². The fraction of sp³-hybridized carbons (Fsp3) is 0.837. The van der Waals surface area contributed by atoms with E-state index in [1.54, 1.807) is 0 Å². The molecular formula is C49H81NO20. The van der Waals surface area contributed by atoms with Crippen molar-refractivity contribution in [2.75, 3.05) is 39.6 Å². The molecule has 0 aromatic rings. The van der Waals surface area contributed by atoms with Crippen molar-refractivity contribution in [3.05, 3.63) is 0 Å². The Kier molecular flexibility index (Phi) is 30.7. The number of amides is 1. The average molecular weight is 1000 g/mol. The van der Waals surface area contributed by atoms with Crippen molar-refractivity contribution in [2.45, 2.75) is 220 Å². The van der Waals surface area contributed by atoms with E-state index in [-0.39, 0.29) is 25.8 Å². The molecule has 2 rings (SSSR count). The van der Waals surface area contributed by atoms with Crippen LogP contribution in [-0.2, 0) is 95.2 Å². The lowest BCUT2D eigenvalue weighted by Crippen LogP contribution is -2.67. The summed E-state index contributed by atoms with van der Waals surface area (Å²) in [6.45, 7) is 11.4. The summed E-state index contributed by atoms with van der Waals surface area (Å²) in [4.78, 5) is 96.6. The third-order valence-electron chi connectivity index (χ3n) is 11.3. The molecule has 2 aliphatic heterocycles. The van der Waals surface area contributed by atoms with Gasteiger partial charge in [-0.1, -0.05) is 90.4 Å². The van der Waals surface area contributed by atoms with Crippen LogP contribution in [0, 0.1) is 5.92 Å². The molecule has 2 saturated heterocycles. The predicted molar refractivity (Wildman–Crippen MR) is 247 cm³/mol. The van der Waals surface area contributed by atoms with Crippen molar-refractivity contribution >= 4 is 47.7 Å². The van der Waals surface area contributed by atoms with Crippen LogP contribution in [0.15, 0.2) is 0 Å². The van der Waals surface area contributed by atoms with Crippen molar-refractivity contribution < 1.29 is 95.2 Å². The van der Waals surface area contributed by atoms with Gasteiger partial charge in [-0.25, -0.2) is 0 Å². The molecule has 70 heavy (non-hydrogen) atoms. The number of rotatable bonds is 34. The zero-order valence-corrected chi connectivity index (χ0v) is 42.9. The van der Waals surface area contributed by atoms with Crippen LogP contribution in [0.4, 0.5) is 0 Å². The average Bonchev–Trinajstić information content (AvgIpc) is 3.25. The topological polar surface area (TPSA) is 259 Å². The molecule has 2 aliphatic rings. The van der Waals surface area contributed by atoms with Crippen molar-refractivity contribution in [1.82, 2.24) is 5.32 Å². The summed E-state index contributed by atoms with van der Waals surface area (Å²) in [5, 5.41) is 2.67. The first-order chi connectivity index (χ1) is 33.3. The van der Waals surface area contributed by atoms with Gasteiger partial charge < -0.3 is 62.2 Å². The zero-order valence-electron chi connectivity index (χ0n) is 42.9. The standard InChI is InChI=1S/C49H81NO20/c1-31(23-19-15-11-10-13-18-22-26-60-33(3)52)24-20-16-12-14-17-21-25-59-27-40(28-62-49-47(68-39(9)58)45(66-37(7)56)41(30-63-49)64-35(5)54)69-48-43(50-32(2)51)46(67-38(8)57)44(65-36(6)55)42(70-48)29-61-34(4)53/h31,40-49H,10-30H2,1-9H3,(H,50,51)/t31?,40?,41-,42-,43-,44-,45+,46-,47-,48-,49-/m1/s1. The minimum atomic E-state index is -1.47. The Morgan fingerprint density at radius 2 is 1.00 bits per heavy atom. The van der Waals surface area contributed by atoms with E-state index in [4.69, 9.17) is 56.8 Å². The van der Waals surface area contributed by atoms with Gasteiger partial charge in [0.15, 0.2) is 43.1 Å². The molecule has 21 heteroatoms. The summed E-state index contributed by atoms with van der Waals surface area (Å²) in [6, 6.07) is -1.30. The third-order valence-corrected chi connectivity index (χ3v) is 11.3. The van der Waals surface area contributed by atoms with E-state index in [0.717, 1.165) is 86.5 Å². The lowest BCUT2D eigenvalue weighted by atomic mass is 9.96. The SMILES string of the molecule is CC(=O)N[C@H]1[C@H](OC(COCCCCCCCCC(C)CCCCCCCCCOC(C)=O)CO[C@@H]2OC[C@@H](OC(C)=O)[C@H](OC(C)=O)[C@H]2OC(C)=O)O[C@H](COC(C)=O)[C@@H](OC(C)=O)[C@@H]1OC(C)=O. The Balaban J connectivity index is 2.12. The van der Waals surface area contributed by atoms with Crippen LogP contribution in [-0.4, -0.2) is 149 Å². The lowest BCUT2D eigenvalue weighted by molar-refractivity contribution is -0.309. The van der Waals surface area contributed by atoms with Crippen molar-refractivity contribution in [2.24, 2.45) is 5.92 Å². The molecule has 2 unspecified atom stereocenters. The van der Waals surface area contributed by atoms with E-state index in [1.807, 2.05) is 0 Å². The predicted octanol–water partition coefficient (Wildman–Crippen LogP) is 5.26. The second-order valence-electron chi connectivity index (χ2n) is 18.0. The number of unbranched alkanes of at least 4 members (excludes halogenated alkanes) is 11. The highest BCUT2D eigenvalue weighted by Gasteiger charge is 2.52. The summed E-state index contributed by atoms with van der Waals surface area (Å²) < 4.78 is 68.4. The number of carbonyl (C=O) groups is 8. The fourth-order valence-corrected chi connectivity index (χ4v) is 8.24. The van der Waals surface area contributed by atoms with Gasteiger partial charge in [-0.15, -0.1) is 0 Å². The smallest absolute Gasteiger partial charge is 0.303 e. The number of esters is 7.